The Balaban J connectivity index is 1.58. The monoisotopic (exact) mass is 593 g/mol. The van der Waals surface area contributed by atoms with E-state index < -0.39 is 17.8 Å². The van der Waals surface area contributed by atoms with E-state index in [4.69, 9.17) is 22.8 Å². The van der Waals surface area contributed by atoms with Crippen molar-refractivity contribution in [2.45, 2.75) is 25.8 Å². The van der Waals surface area contributed by atoms with E-state index in [0.29, 0.717) is 30.8 Å². The highest BCUT2D eigenvalue weighted by Crippen LogP contribution is 2.32. The number of hydrogen-bond acceptors (Lipinski definition) is 8. The number of benzene rings is 2. The summed E-state index contributed by atoms with van der Waals surface area (Å²) in [6, 6.07) is 8.86. The normalized spacial score (nSPS) is 14.3. The van der Waals surface area contributed by atoms with Crippen LogP contribution >= 0.6 is 11.6 Å². The first-order valence-electron chi connectivity index (χ1n) is 13.0. The van der Waals surface area contributed by atoms with Gasteiger partial charge in [0.1, 0.15) is 23.5 Å². The fourth-order valence-electron chi connectivity index (χ4n) is 4.49. The van der Waals surface area contributed by atoms with Gasteiger partial charge in [0, 0.05) is 25.0 Å². The molecular formula is C29H29ClFN7O4. The Hall–Kier alpha value is -4.73. The number of nitrogens with one attached hydrogen (secondary N) is 4. The molecule has 1 unspecified atom stereocenters. The highest BCUT2D eigenvalue weighted by molar-refractivity contribution is 6.33. The molecule has 218 valence electrons. The van der Waals surface area contributed by atoms with Gasteiger partial charge in [-0.15, -0.1) is 6.42 Å². The summed E-state index contributed by atoms with van der Waals surface area (Å²) in [5.41, 5.74) is 2.09. The number of amides is 3. The molecule has 0 saturated heterocycles. The maximum Gasteiger partial charge on any atom is 0.254 e. The van der Waals surface area contributed by atoms with Crippen LogP contribution in [0.15, 0.2) is 42.6 Å². The Bertz CT molecular complexity index is 1540. The van der Waals surface area contributed by atoms with Crippen LogP contribution in [0.2, 0.25) is 5.02 Å². The smallest absolute Gasteiger partial charge is 0.254 e. The molecule has 42 heavy (non-hydrogen) atoms. The molecule has 4 rings (SSSR count). The number of halogens is 2. The summed E-state index contributed by atoms with van der Waals surface area (Å²) in [7, 11) is 1.42. The zero-order chi connectivity index (χ0) is 30.2. The third-order valence-corrected chi connectivity index (χ3v) is 6.70. The minimum Gasteiger partial charge on any atom is -0.375 e. The number of nitrogens with zero attached hydrogens (tertiary/aromatic N) is 3. The lowest BCUT2D eigenvalue weighted by molar-refractivity contribution is -0.129. The molecule has 0 bridgehead atoms. The molecule has 0 fully saturated rings. The van der Waals surface area contributed by atoms with E-state index in [2.05, 4.69) is 37.2 Å². The molecule has 0 spiro atoms. The summed E-state index contributed by atoms with van der Waals surface area (Å²) >= 11 is 6.31. The van der Waals surface area contributed by atoms with Crippen LogP contribution in [0.3, 0.4) is 0 Å². The van der Waals surface area contributed by atoms with E-state index >= 15 is 0 Å². The fourth-order valence-corrected chi connectivity index (χ4v) is 4.63. The van der Waals surface area contributed by atoms with Crippen molar-refractivity contribution in [3.63, 3.8) is 0 Å². The molecule has 2 aromatic carbocycles. The number of hydrogen-bond donors (Lipinski definition) is 4. The van der Waals surface area contributed by atoms with E-state index in [-0.39, 0.29) is 53.0 Å². The SMILES string of the molecule is C#CCNC(=O)c1cccc(F)c1Nc1nc(Nc2ccc3c(c2)N(CC)C(=O)C(NC(=O)COC)CC3)ncc1Cl. The van der Waals surface area contributed by atoms with Crippen molar-refractivity contribution < 1.29 is 23.5 Å². The van der Waals surface area contributed by atoms with Crippen molar-refractivity contribution in [1.29, 1.82) is 0 Å². The Morgan fingerprint density at radius 3 is 2.81 bits per heavy atom. The highest BCUT2D eigenvalue weighted by atomic mass is 35.5. The average Bonchev–Trinajstić information content (AvgIpc) is 3.10. The molecule has 2 heterocycles. The largest absolute Gasteiger partial charge is 0.375 e. The van der Waals surface area contributed by atoms with Crippen LogP contribution in [0.25, 0.3) is 0 Å². The molecule has 1 aliphatic heterocycles. The molecule has 4 N–H and O–H groups in total. The number of para-hydroxylation sites is 1. The predicted molar refractivity (Wildman–Crippen MR) is 158 cm³/mol. The molecule has 3 aromatic rings. The first-order chi connectivity index (χ1) is 20.2. The van der Waals surface area contributed by atoms with Gasteiger partial charge in [0.2, 0.25) is 17.8 Å². The van der Waals surface area contributed by atoms with Crippen molar-refractivity contribution in [3.8, 4) is 12.3 Å². The Kier molecular flexibility index (Phi) is 9.90. The average molecular weight is 594 g/mol. The highest BCUT2D eigenvalue weighted by Gasteiger charge is 2.30. The molecule has 1 aromatic heterocycles. The summed E-state index contributed by atoms with van der Waals surface area (Å²) in [6.45, 7) is 2.08. The second-order valence-corrected chi connectivity index (χ2v) is 9.61. The minimum absolute atomic E-state index is 0.0150. The first-order valence-corrected chi connectivity index (χ1v) is 13.4. The van der Waals surface area contributed by atoms with Crippen LogP contribution in [-0.4, -0.2) is 60.5 Å². The maximum atomic E-state index is 14.8. The third kappa shape index (κ3) is 6.94. The molecule has 0 radical (unpaired) electrons. The number of terminal acetylenes is 1. The molecule has 0 aliphatic carbocycles. The summed E-state index contributed by atoms with van der Waals surface area (Å²) in [5, 5.41) is 11.2. The van der Waals surface area contributed by atoms with Gasteiger partial charge in [0.05, 0.1) is 24.0 Å². The van der Waals surface area contributed by atoms with Crippen LogP contribution < -0.4 is 26.2 Å². The van der Waals surface area contributed by atoms with Gasteiger partial charge in [-0.1, -0.05) is 29.7 Å². The van der Waals surface area contributed by atoms with Gasteiger partial charge in [0.15, 0.2) is 5.82 Å². The third-order valence-electron chi connectivity index (χ3n) is 6.42. The minimum atomic E-state index is -0.695. The lowest BCUT2D eigenvalue weighted by Crippen LogP contribution is -2.48. The van der Waals surface area contributed by atoms with Gasteiger partial charge >= 0.3 is 0 Å². The molecular weight excluding hydrogens is 565 g/mol. The van der Waals surface area contributed by atoms with Gasteiger partial charge < -0.3 is 30.9 Å². The number of likely N-dealkylation sites (N-methyl/N-ethyl adjacent to an activating group) is 1. The van der Waals surface area contributed by atoms with Crippen molar-refractivity contribution in [3.05, 3.63) is 64.6 Å². The summed E-state index contributed by atoms with van der Waals surface area (Å²) in [4.78, 5) is 48.1. The molecule has 13 heteroatoms. The lowest BCUT2D eigenvalue weighted by atomic mass is 10.1. The van der Waals surface area contributed by atoms with E-state index in [9.17, 15) is 18.8 Å². The van der Waals surface area contributed by atoms with E-state index in [0.717, 1.165) is 5.56 Å². The van der Waals surface area contributed by atoms with Gasteiger partial charge in [-0.05, 0) is 49.6 Å². The molecule has 1 atom stereocenters. The van der Waals surface area contributed by atoms with Crippen LogP contribution in [0.1, 0.15) is 29.3 Å². The number of aryl methyl sites for hydroxylation is 1. The van der Waals surface area contributed by atoms with Crippen LogP contribution in [-0.2, 0) is 20.7 Å². The zero-order valence-electron chi connectivity index (χ0n) is 23.0. The number of fused-ring (bicyclic) bond motifs is 1. The topological polar surface area (TPSA) is 138 Å². The second kappa shape index (κ2) is 13.8. The number of ether oxygens (including phenoxy) is 1. The van der Waals surface area contributed by atoms with Gasteiger partial charge in [-0.3, -0.25) is 14.4 Å². The van der Waals surface area contributed by atoms with Crippen molar-refractivity contribution in [1.82, 2.24) is 20.6 Å². The molecule has 1 aliphatic rings. The molecule has 11 nitrogen and oxygen atoms in total. The van der Waals surface area contributed by atoms with Crippen LogP contribution in [0.5, 0.6) is 0 Å². The van der Waals surface area contributed by atoms with Crippen molar-refractivity contribution in [2.24, 2.45) is 0 Å². The summed E-state index contributed by atoms with van der Waals surface area (Å²) < 4.78 is 19.7. The molecule has 0 saturated carbocycles. The second-order valence-electron chi connectivity index (χ2n) is 9.21. The van der Waals surface area contributed by atoms with E-state index in [1.165, 1.54) is 31.5 Å². The van der Waals surface area contributed by atoms with Crippen molar-refractivity contribution >= 4 is 58.2 Å². The van der Waals surface area contributed by atoms with Crippen molar-refractivity contribution in [2.75, 3.05) is 42.3 Å². The Morgan fingerprint density at radius 1 is 1.26 bits per heavy atom. The predicted octanol–water partition coefficient (Wildman–Crippen LogP) is 3.55. The maximum absolute atomic E-state index is 14.8. The lowest BCUT2D eigenvalue weighted by Gasteiger charge is -2.25. The summed E-state index contributed by atoms with van der Waals surface area (Å²) in [5.74, 6) is 0.633. The standard InChI is InChI=1S/C29H29ClFN7O4/c1-4-13-32-27(40)19-7-6-8-21(31)25(19)36-26-20(30)15-33-29(37-26)34-18-11-9-17-10-12-22(35-24(39)16-42-3)28(41)38(5-2)23(17)14-18/h1,6-9,11,14-15,22H,5,10,12-13,16H2,2-3H3,(H,32,40)(H,35,39)(H2,33,34,36,37). The fraction of sp³-hybridized carbons (Fsp3) is 0.276. The van der Waals surface area contributed by atoms with Gasteiger partial charge in [-0.2, -0.15) is 4.98 Å². The summed E-state index contributed by atoms with van der Waals surface area (Å²) in [6.07, 6.45) is 7.56. The zero-order valence-corrected chi connectivity index (χ0v) is 23.7. The van der Waals surface area contributed by atoms with Gasteiger partial charge in [0.25, 0.3) is 5.91 Å². The molecule has 3 amide bonds. The number of rotatable bonds is 10. The Labute approximate surface area is 247 Å². The number of carbonyl (C=O) groups is 3. The van der Waals surface area contributed by atoms with Gasteiger partial charge in [-0.25, -0.2) is 9.37 Å². The quantitative estimate of drug-likeness (QED) is 0.262. The number of carbonyl (C=O) groups excluding carboxylic acids is 3. The number of aromatic nitrogens is 2. The van der Waals surface area contributed by atoms with E-state index in [1.54, 1.807) is 11.0 Å². The number of anilines is 5. The Morgan fingerprint density at radius 2 is 2.07 bits per heavy atom. The van der Waals surface area contributed by atoms with Crippen LogP contribution in [0.4, 0.5) is 33.2 Å². The van der Waals surface area contributed by atoms with Crippen LogP contribution in [0, 0.1) is 18.2 Å². The first kappa shape index (κ1) is 30.2. The van der Waals surface area contributed by atoms with E-state index in [1.807, 2.05) is 19.1 Å². The number of methoxy groups -OCH3 is 1.